The minimum atomic E-state index is -0.607. The lowest BCUT2D eigenvalue weighted by molar-refractivity contribution is -0.123. The maximum atomic E-state index is 12.7. The van der Waals surface area contributed by atoms with E-state index in [1.54, 1.807) is 38.1 Å². The minimum Gasteiger partial charge on any atom is -0.459 e. The van der Waals surface area contributed by atoms with Gasteiger partial charge in [0.2, 0.25) is 11.8 Å². The Bertz CT molecular complexity index is 1030. The molecule has 0 saturated carbocycles. The smallest absolute Gasteiger partial charge is 0.338 e. The van der Waals surface area contributed by atoms with Crippen molar-refractivity contribution in [2.24, 2.45) is 4.99 Å². The van der Waals surface area contributed by atoms with Gasteiger partial charge < -0.3 is 15.4 Å². The first-order chi connectivity index (χ1) is 14.7. The number of nitrogens with zero attached hydrogens (tertiary/aromatic N) is 1. The Balaban J connectivity index is 1.67. The van der Waals surface area contributed by atoms with Crippen molar-refractivity contribution in [3.63, 3.8) is 0 Å². The number of hydrogen-bond acceptors (Lipinski definition) is 6. The van der Waals surface area contributed by atoms with Crippen molar-refractivity contribution in [1.29, 1.82) is 0 Å². The molecule has 0 aromatic heterocycles. The van der Waals surface area contributed by atoms with E-state index in [0.29, 0.717) is 16.4 Å². The van der Waals surface area contributed by atoms with Crippen LogP contribution in [0.25, 0.3) is 0 Å². The first kappa shape index (κ1) is 22.6. The number of benzene rings is 2. The fourth-order valence-corrected chi connectivity index (χ4v) is 3.85. The zero-order chi connectivity index (χ0) is 22.5. The summed E-state index contributed by atoms with van der Waals surface area (Å²) in [5.74, 6) is -0.974. The Morgan fingerprint density at radius 3 is 2.48 bits per heavy atom. The number of ether oxygens (including phenoxy) is 1. The third-order valence-electron chi connectivity index (χ3n) is 4.62. The van der Waals surface area contributed by atoms with E-state index in [2.05, 4.69) is 15.6 Å². The van der Waals surface area contributed by atoms with Crippen LogP contribution in [0.4, 0.5) is 11.4 Å². The number of carbonyl (C=O) groups excluding carboxylic acids is 3. The molecule has 0 radical (unpaired) electrons. The Morgan fingerprint density at radius 1 is 1.13 bits per heavy atom. The fourth-order valence-electron chi connectivity index (χ4n) is 2.85. The standard InChI is InChI=1S/C23H25N3O4S/c1-13(2)30-22(29)16-6-9-17(10-7-16)24-21(28)19-12-20(27)26-23(31-19)25-18-8-5-14(3)15(4)11-18/h5-11,13,19H,12H2,1-4H3,(H,24,28)(H,25,26,27)/t19-/m0/s1. The number of aliphatic imine (C=N–C) groups is 1. The highest BCUT2D eigenvalue weighted by Gasteiger charge is 2.30. The van der Waals surface area contributed by atoms with E-state index in [-0.39, 0.29) is 24.3 Å². The molecular formula is C23H25N3O4S. The third kappa shape index (κ3) is 6.18. The van der Waals surface area contributed by atoms with Gasteiger partial charge in [0.05, 0.1) is 17.4 Å². The number of thioether (sulfide) groups is 1. The van der Waals surface area contributed by atoms with Crippen LogP contribution in [0.1, 0.15) is 41.8 Å². The molecule has 2 amide bonds. The summed E-state index contributed by atoms with van der Waals surface area (Å²) in [6.45, 7) is 7.57. The lowest BCUT2D eigenvalue weighted by atomic mass is 10.1. The van der Waals surface area contributed by atoms with Gasteiger partial charge in [0.25, 0.3) is 0 Å². The first-order valence-electron chi connectivity index (χ1n) is 9.95. The molecular weight excluding hydrogens is 414 g/mol. The maximum Gasteiger partial charge on any atom is 0.338 e. The molecule has 162 valence electrons. The van der Waals surface area contributed by atoms with Crippen LogP contribution in [0.5, 0.6) is 0 Å². The monoisotopic (exact) mass is 439 g/mol. The molecule has 2 aromatic rings. The number of nitrogens with one attached hydrogen (secondary N) is 2. The molecule has 1 saturated heterocycles. The summed E-state index contributed by atoms with van der Waals surface area (Å²) in [5.41, 5.74) is 3.91. The number of hydrogen-bond donors (Lipinski definition) is 2. The molecule has 2 N–H and O–H groups in total. The summed E-state index contributed by atoms with van der Waals surface area (Å²) < 4.78 is 5.15. The molecule has 0 aliphatic carbocycles. The predicted molar refractivity (Wildman–Crippen MR) is 123 cm³/mol. The largest absolute Gasteiger partial charge is 0.459 e. The summed E-state index contributed by atoms with van der Waals surface area (Å²) >= 11 is 1.21. The molecule has 0 unspecified atom stereocenters. The van der Waals surface area contributed by atoms with Gasteiger partial charge in [-0.1, -0.05) is 17.8 Å². The van der Waals surface area contributed by atoms with Crippen molar-refractivity contribution in [3.8, 4) is 0 Å². The van der Waals surface area contributed by atoms with Crippen molar-refractivity contribution in [3.05, 3.63) is 59.2 Å². The SMILES string of the molecule is Cc1ccc(N=C2NC(=O)C[C@@H](C(=O)Nc3ccc(C(=O)OC(C)C)cc3)S2)cc1C. The Hall–Kier alpha value is -3.13. The van der Waals surface area contributed by atoms with Crippen LogP contribution < -0.4 is 10.6 Å². The highest BCUT2D eigenvalue weighted by Crippen LogP contribution is 2.26. The summed E-state index contributed by atoms with van der Waals surface area (Å²) in [5, 5.41) is 5.31. The van der Waals surface area contributed by atoms with E-state index in [4.69, 9.17) is 4.74 Å². The van der Waals surface area contributed by atoms with Gasteiger partial charge in [-0.15, -0.1) is 0 Å². The van der Waals surface area contributed by atoms with Gasteiger partial charge in [0, 0.05) is 12.1 Å². The average Bonchev–Trinajstić information content (AvgIpc) is 2.70. The number of amidine groups is 1. The minimum absolute atomic E-state index is 0.0568. The van der Waals surface area contributed by atoms with Crippen LogP contribution >= 0.6 is 11.8 Å². The van der Waals surface area contributed by atoms with Crippen molar-refractivity contribution < 1.29 is 19.1 Å². The number of aryl methyl sites for hydroxylation is 2. The summed E-state index contributed by atoms with van der Waals surface area (Å²) in [4.78, 5) is 41.2. The number of esters is 1. The third-order valence-corrected chi connectivity index (χ3v) is 5.70. The van der Waals surface area contributed by atoms with Crippen molar-refractivity contribution in [2.75, 3.05) is 5.32 Å². The number of anilines is 1. The van der Waals surface area contributed by atoms with E-state index < -0.39 is 11.2 Å². The molecule has 1 fully saturated rings. The Kier molecular flexibility index (Phi) is 7.12. The second-order valence-corrected chi connectivity index (χ2v) is 8.76. The topological polar surface area (TPSA) is 96.9 Å². The van der Waals surface area contributed by atoms with Gasteiger partial charge >= 0.3 is 5.97 Å². The molecule has 2 aromatic carbocycles. The van der Waals surface area contributed by atoms with Gasteiger partial charge in [-0.05, 0) is 75.2 Å². The Labute approximate surface area is 185 Å². The van der Waals surface area contributed by atoms with Crippen molar-refractivity contribution in [1.82, 2.24) is 5.32 Å². The molecule has 0 bridgehead atoms. The summed E-state index contributed by atoms with van der Waals surface area (Å²) in [7, 11) is 0. The normalized spacial score (nSPS) is 17.4. The second kappa shape index (κ2) is 9.78. The molecule has 0 spiro atoms. The Morgan fingerprint density at radius 2 is 1.84 bits per heavy atom. The van der Waals surface area contributed by atoms with E-state index in [1.165, 1.54) is 11.8 Å². The number of carbonyl (C=O) groups is 3. The van der Waals surface area contributed by atoms with Gasteiger partial charge in [0.1, 0.15) is 5.25 Å². The van der Waals surface area contributed by atoms with Crippen molar-refractivity contribution in [2.45, 2.75) is 45.5 Å². The lowest BCUT2D eigenvalue weighted by Crippen LogP contribution is -2.41. The number of amides is 2. The van der Waals surface area contributed by atoms with Crippen LogP contribution in [-0.2, 0) is 14.3 Å². The van der Waals surface area contributed by atoms with Gasteiger partial charge in [-0.3, -0.25) is 9.59 Å². The quantitative estimate of drug-likeness (QED) is 0.683. The molecule has 1 heterocycles. The molecule has 1 atom stereocenters. The highest BCUT2D eigenvalue weighted by atomic mass is 32.2. The average molecular weight is 440 g/mol. The summed E-state index contributed by atoms with van der Waals surface area (Å²) in [6.07, 6.45) is -0.151. The second-order valence-electron chi connectivity index (χ2n) is 7.56. The molecule has 1 aliphatic rings. The maximum absolute atomic E-state index is 12.7. The van der Waals surface area contributed by atoms with E-state index in [0.717, 1.165) is 16.8 Å². The lowest BCUT2D eigenvalue weighted by Gasteiger charge is -2.22. The van der Waals surface area contributed by atoms with Crippen LogP contribution in [0.2, 0.25) is 0 Å². The van der Waals surface area contributed by atoms with Gasteiger partial charge in [-0.25, -0.2) is 9.79 Å². The molecule has 31 heavy (non-hydrogen) atoms. The van der Waals surface area contributed by atoms with E-state index >= 15 is 0 Å². The zero-order valence-corrected chi connectivity index (χ0v) is 18.7. The van der Waals surface area contributed by atoms with Crippen molar-refractivity contribution >= 4 is 46.1 Å². The molecule has 3 rings (SSSR count). The van der Waals surface area contributed by atoms with Gasteiger partial charge in [-0.2, -0.15) is 0 Å². The predicted octanol–water partition coefficient (Wildman–Crippen LogP) is 4.12. The van der Waals surface area contributed by atoms with E-state index in [1.807, 2.05) is 32.0 Å². The van der Waals surface area contributed by atoms with E-state index in [9.17, 15) is 14.4 Å². The van der Waals surface area contributed by atoms with Gasteiger partial charge in [0.15, 0.2) is 5.17 Å². The molecule has 8 heteroatoms. The highest BCUT2D eigenvalue weighted by molar-refractivity contribution is 8.15. The van der Waals surface area contributed by atoms with Crippen LogP contribution in [0, 0.1) is 13.8 Å². The molecule has 1 aliphatic heterocycles. The molecule has 7 nitrogen and oxygen atoms in total. The number of rotatable bonds is 5. The van der Waals surface area contributed by atoms with Crippen LogP contribution in [0.3, 0.4) is 0 Å². The fraction of sp³-hybridized carbons (Fsp3) is 0.304. The zero-order valence-electron chi connectivity index (χ0n) is 17.9. The summed E-state index contributed by atoms with van der Waals surface area (Å²) in [6, 6.07) is 12.2. The van der Waals surface area contributed by atoms with Crippen LogP contribution in [-0.4, -0.2) is 34.3 Å². The first-order valence-corrected chi connectivity index (χ1v) is 10.8. The van der Waals surface area contributed by atoms with Crippen LogP contribution in [0.15, 0.2) is 47.5 Å².